The van der Waals surface area contributed by atoms with Gasteiger partial charge in [-0.2, -0.15) is 9.97 Å². The Morgan fingerprint density at radius 2 is 2.15 bits per heavy atom. The van der Waals surface area contributed by atoms with Crippen molar-refractivity contribution in [3.63, 3.8) is 0 Å². The second-order valence-corrected chi connectivity index (χ2v) is 9.80. The lowest BCUT2D eigenvalue weighted by atomic mass is 10.1. The van der Waals surface area contributed by atoms with Crippen molar-refractivity contribution in [2.45, 2.75) is 19.0 Å². The number of H-pyrrole nitrogens is 1. The summed E-state index contributed by atoms with van der Waals surface area (Å²) in [6.45, 7) is 2.96. The van der Waals surface area contributed by atoms with E-state index < -0.39 is 0 Å². The molecule has 11 heteroatoms. The molecule has 1 aliphatic heterocycles. The van der Waals surface area contributed by atoms with Gasteiger partial charge in [0.05, 0.1) is 28.3 Å². The summed E-state index contributed by atoms with van der Waals surface area (Å²) in [4.78, 5) is 24.6. The predicted octanol–water partition coefficient (Wildman–Crippen LogP) is 3.87. The Bertz CT molecular complexity index is 1600. The van der Waals surface area contributed by atoms with Crippen molar-refractivity contribution in [3.8, 4) is 11.8 Å². The molecule has 4 aromatic heterocycles. The molecular formula is C23H21FN8OS. The van der Waals surface area contributed by atoms with Crippen LogP contribution in [0.5, 0.6) is 11.8 Å². The maximum absolute atomic E-state index is 14.5. The van der Waals surface area contributed by atoms with Crippen LogP contribution >= 0.6 is 11.3 Å². The Hall–Kier alpha value is -3.57. The van der Waals surface area contributed by atoms with Crippen LogP contribution in [0.3, 0.4) is 0 Å². The molecule has 1 aliphatic carbocycles. The van der Waals surface area contributed by atoms with E-state index in [1.807, 2.05) is 6.07 Å². The molecule has 1 saturated heterocycles. The number of aromatic amines is 1. The lowest BCUT2D eigenvalue weighted by molar-refractivity contribution is 0.442. The molecule has 34 heavy (non-hydrogen) atoms. The van der Waals surface area contributed by atoms with Crippen LogP contribution in [0.15, 0.2) is 29.9 Å². The number of thiazole rings is 1. The van der Waals surface area contributed by atoms with Gasteiger partial charge >= 0.3 is 6.01 Å². The lowest BCUT2D eigenvalue weighted by Gasteiger charge is -2.27. The van der Waals surface area contributed by atoms with E-state index in [9.17, 15) is 4.39 Å². The van der Waals surface area contributed by atoms with Crippen LogP contribution in [0.25, 0.3) is 32.3 Å². The molecule has 5 aromatic rings. The van der Waals surface area contributed by atoms with Gasteiger partial charge in [0.2, 0.25) is 0 Å². The van der Waals surface area contributed by atoms with Crippen LogP contribution in [0.1, 0.15) is 6.92 Å². The quantitative estimate of drug-likeness (QED) is 0.358. The van der Waals surface area contributed by atoms with Crippen molar-refractivity contribution in [2.24, 2.45) is 17.6 Å². The summed E-state index contributed by atoms with van der Waals surface area (Å²) < 4.78 is 20.6. The zero-order valence-electron chi connectivity index (χ0n) is 18.4. The summed E-state index contributed by atoms with van der Waals surface area (Å²) >= 11 is 1.47. The third kappa shape index (κ3) is 2.80. The molecule has 4 atom stereocenters. The van der Waals surface area contributed by atoms with Gasteiger partial charge in [-0.05, 0) is 25.0 Å². The first-order valence-electron chi connectivity index (χ1n) is 11.1. The summed E-state index contributed by atoms with van der Waals surface area (Å²) in [5, 5.41) is 4.56. The Labute approximate surface area is 197 Å². The zero-order chi connectivity index (χ0) is 23.1. The van der Waals surface area contributed by atoms with E-state index >= 15 is 0 Å². The van der Waals surface area contributed by atoms with Crippen molar-refractivity contribution < 1.29 is 9.13 Å². The molecule has 2 aliphatic rings. The summed E-state index contributed by atoms with van der Waals surface area (Å²) in [6.07, 6.45) is 1.64. The van der Waals surface area contributed by atoms with Crippen LogP contribution < -0.4 is 20.7 Å². The number of nitrogens with zero attached hydrogens (tertiary/aromatic N) is 5. The van der Waals surface area contributed by atoms with Crippen LogP contribution in [0, 0.1) is 17.7 Å². The summed E-state index contributed by atoms with van der Waals surface area (Å²) in [5.74, 6) is 1.76. The third-order valence-corrected chi connectivity index (χ3v) is 7.90. The molecule has 0 amide bonds. The van der Waals surface area contributed by atoms with Crippen molar-refractivity contribution >= 4 is 55.1 Å². The number of fused-ring (bicyclic) bond motifs is 5. The number of nitrogens with two attached hydrogens (primary N) is 1. The normalized spacial score (nSPS) is 23.7. The molecule has 0 spiro atoms. The smallest absolute Gasteiger partial charge is 0.326 e. The number of anilines is 2. The number of rotatable bonds is 4. The minimum Gasteiger partial charge on any atom is -0.422 e. The molecule has 9 nitrogen and oxygen atoms in total. The summed E-state index contributed by atoms with van der Waals surface area (Å²) in [7, 11) is 1.76. The van der Waals surface area contributed by atoms with Gasteiger partial charge in [0.25, 0.3) is 0 Å². The SMILES string of the molecule is CNc1cc(F)cc2c1[nH]c1nc(Oc3cnc4scnc4c3)nc(N3C[C@H]4C([C@H]4N)[C@H]3C)c12. The van der Waals surface area contributed by atoms with E-state index in [-0.39, 0.29) is 23.9 Å². The second-order valence-electron chi connectivity index (χ2n) is 8.97. The van der Waals surface area contributed by atoms with E-state index in [1.165, 1.54) is 23.5 Å². The van der Waals surface area contributed by atoms with Gasteiger partial charge in [-0.3, -0.25) is 0 Å². The number of ether oxygens (including phenoxy) is 1. The molecule has 0 radical (unpaired) electrons. The fourth-order valence-electron chi connectivity index (χ4n) is 5.41. The molecule has 1 aromatic carbocycles. The van der Waals surface area contributed by atoms with Crippen LogP contribution in [0.4, 0.5) is 15.9 Å². The number of piperidine rings is 1. The minimum atomic E-state index is -0.328. The van der Waals surface area contributed by atoms with E-state index in [2.05, 4.69) is 37.1 Å². The molecule has 1 unspecified atom stereocenters. The molecule has 7 rings (SSSR count). The van der Waals surface area contributed by atoms with Crippen LogP contribution in [-0.4, -0.2) is 50.6 Å². The lowest BCUT2D eigenvalue weighted by Crippen LogP contribution is -2.36. The van der Waals surface area contributed by atoms with Gasteiger partial charge in [0.15, 0.2) is 5.75 Å². The van der Waals surface area contributed by atoms with Gasteiger partial charge < -0.3 is 25.7 Å². The van der Waals surface area contributed by atoms with Gasteiger partial charge in [-0.1, -0.05) is 0 Å². The summed E-state index contributed by atoms with van der Waals surface area (Å²) in [5.41, 5.74) is 10.8. The third-order valence-electron chi connectivity index (χ3n) is 7.15. The number of nitrogens with one attached hydrogen (secondary N) is 2. The van der Waals surface area contributed by atoms with E-state index in [0.717, 1.165) is 33.2 Å². The van der Waals surface area contributed by atoms with Crippen molar-refractivity contribution in [1.82, 2.24) is 24.9 Å². The first-order valence-corrected chi connectivity index (χ1v) is 12.0. The highest BCUT2D eigenvalue weighted by Gasteiger charge is 2.58. The van der Waals surface area contributed by atoms with Crippen LogP contribution in [-0.2, 0) is 0 Å². The highest BCUT2D eigenvalue weighted by atomic mass is 32.1. The molecule has 172 valence electrons. The standard InChI is InChI=1S/C23H21FN8OS/c1-9-16-13(18(16)25)7-32(9)21-17-12-3-10(24)4-14(26-2)19(12)29-20(17)30-23(31-21)33-11-5-15-22(27-6-11)34-8-28-15/h3-6,8-9,13,16,18,26H,7,25H2,1-2H3,(H,29,30,31)/t9-,13+,16?,18+/m1/s1. The molecule has 2 fully saturated rings. The maximum Gasteiger partial charge on any atom is 0.326 e. The second kappa shape index (κ2) is 6.97. The molecule has 0 bridgehead atoms. The van der Waals surface area contributed by atoms with E-state index in [4.69, 9.17) is 15.5 Å². The Morgan fingerprint density at radius 3 is 2.94 bits per heavy atom. The van der Waals surface area contributed by atoms with Gasteiger partial charge in [-0.15, -0.1) is 11.3 Å². The zero-order valence-corrected chi connectivity index (χ0v) is 19.2. The van der Waals surface area contributed by atoms with Crippen molar-refractivity contribution in [1.29, 1.82) is 0 Å². The first-order chi connectivity index (χ1) is 16.5. The molecule has 5 heterocycles. The Kier molecular flexibility index (Phi) is 4.07. The number of hydrogen-bond donors (Lipinski definition) is 3. The minimum absolute atomic E-state index is 0.189. The molecular weight excluding hydrogens is 455 g/mol. The average Bonchev–Trinajstić information content (AvgIpc) is 3.20. The number of hydrogen-bond acceptors (Lipinski definition) is 9. The number of halogens is 1. The number of aromatic nitrogens is 5. The van der Waals surface area contributed by atoms with Gasteiger partial charge in [-0.25, -0.2) is 14.4 Å². The molecule has 1 saturated carbocycles. The first kappa shape index (κ1) is 19.9. The Balaban J connectivity index is 1.41. The number of benzene rings is 1. The fraction of sp³-hybridized carbons (Fsp3) is 0.304. The average molecular weight is 477 g/mol. The highest BCUT2D eigenvalue weighted by Crippen LogP contribution is 2.51. The van der Waals surface area contributed by atoms with Gasteiger partial charge in [0.1, 0.15) is 27.6 Å². The largest absolute Gasteiger partial charge is 0.422 e. The van der Waals surface area contributed by atoms with E-state index in [1.54, 1.807) is 18.8 Å². The van der Waals surface area contributed by atoms with Crippen molar-refractivity contribution in [2.75, 3.05) is 23.8 Å². The Morgan fingerprint density at radius 1 is 1.26 bits per heavy atom. The van der Waals surface area contributed by atoms with Crippen molar-refractivity contribution in [3.05, 3.63) is 35.7 Å². The monoisotopic (exact) mass is 476 g/mol. The topological polar surface area (TPSA) is 118 Å². The predicted molar refractivity (Wildman–Crippen MR) is 130 cm³/mol. The van der Waals surface area contributed by atoms with Gasteiger partial charge in [0, 0.05) is 43.0 Å². The number of pyridine rings is 1. The molecule has 4 N–H and O–H groups in total. The highest BCUT2D eigenvalue weighted by molar-refractivity contribution is 7.16. The summed E-state index contributed by atoms with van der Waals surface area (Å²) in [6, 6.07) is 5.43. The fourth-order valence-corrected chi connectivity index (χ4v) is 6.02. The van der Waals surface area contributed by atoms with Crippen LogP contribution in [0.2, 0.25) is 0 Å². The van der Waals surface area contributed by atoms with E-state index in [0.29, 0.717) is 34.7 Å². The maximum atomic E-state index is 14.5.